The van der Waals surface area contributed by atoms with Gasteiger partial charge in [-0.2, -0.15) is 0 Å². The van der Waals surface area contributed by atoms with Gasteiger partial charge >= 0.3 is 5.97 Å². The summed E-state index contributed by atoms with van der Waals surface area (Å²) in [4.78, 5) is 28.4. The first-order valence-corrected chi connectivity index (χ1v) is 11.3. The summed E-state index contributed by atoms with van der Waals surface area (Å²) in [5.74, 6) is 1.69. The third-order valence-electron chi connectivity index (χ3n) is 6.44. The number of piperidine rings is 1. The number of likely N-dealkylation sites (tertiary alicyclic amines) is 2. The molecule has 0 radical (unpaired) electrons. The second-order valence-corrected chi connectivity index (χ2v) is 8.45. The van der Waals surface area contributed by atoms with Crippen molar-refractivity contribution < 1.29 is 28.7 Å². The lowest BCUT2D eigenvalue weighted by atomic mass is 9.97. The molecule has 7 heteroatoms. The van der Waals surface area contributed by atoms with Crippen molar-refractivity contribution in [3.8, 4) is 11.5 Å². The molecule has 3 aliphatic heterocycles. The van der Waals surface area contributed by atoms with Crippen molar-refractivity contribution >= 4 is 11.9 Å². The molecule has 0 spiro atoms. The molecule has 0 aromatic heterocycles. The van der Waals surface area contributed by atoms with Crippen LogP contribution in [-0.4, -0.2) is 62.8 Å². The predicted molar refractivity (Wildman–Crippen MR) is 111 cm³/mol. The Morgan fingerprint density at radius 1 is 1.10 bits per heavy atom. The van der Waals surface area contributed by atoms with Gasteiger partial charge in [0.15, 0.2) is 18.0 Å². The number of carbonyl (C=O) groups is 2. The van der Waals surface area contributed by atoms with Gasteiger partial charge < -0.3 is 24.0 Å². The fourth-order valence-electron chi connectivity index (χ4n) is 4.81. The van der Waals surface area contributed by atoms with Gasteiger partial charge in [0.2, 0.25) is 0 Å². The summed E-state index contributed by atoms with van der Waals surface area (Å²) in [6.45, 7) is 6.60. The second-order valence-electron chi connectivity index (χ2n) is 8.45. The maximum Gasteiger partial charge on any atom is 0.309 e. The van der Waals surface area contributed by atoms with Crippen LogP contribution in [0.2, 0.25) is 0 Å². The average Bonchev–Trinajstić information content (AvgIpc) is 3.13. The van der Waals surface area contributed by atoms with Crippen molar-refractivity contribution in [3.63, 3.8) is 0 Å². The molecule has 3 heterocycles. The molecule has 1 amide bonds. The molecule has 4 rings (SSSR count). The van der Waals surface area contributed by atoms with E-state index in [1.165, 1.54) is 4.90 Å². The highest BCUT2D eigenvalue weighted by Gasteiger charge is 2.34. The van der Waals surface area contributed by atoms with Crippen LogP contribution in [0.5, 0.6) is 11.5 Å². The van der Waals surface area contributed by atoms with Crippen LogP contribution in [0.4, 0.5) is 0 Å². The maximum atomic E-state index is 13.1. The number of quaternary nitrogens is 1. The van der Waals surface area contributed by atoms with Crippen molar-refractivity contribution in [1.82, 2.24) is 4.90 Å². The third-order valence-corrected chi connectivity index (χ3v) is 6.44. The van der Waals surface area contributed by atoms with E-state index in [1.807, 2.05) is 17.9 Å². The molecule has 3 aliphatic rings. The molecule has 1 aromatic carbocycles. The smallest absolute Gasteiger partial charge is 0.309 e. The summed E-state index contributed by atoms with van der Waals surface area (Å²) in [6, 6.07) is 6.20. The Labute approximate surface area is 178 Å². The highest BCUT2D eigenvalue weighted by molar-refractivity contribution is 5.78. The first-order chi connectivity index (χ1) is 14.7. The van der Waals surface area contributed by atoms with Gasteiger partial charge in [-0.15, -0.1) is 0 Å². The SMILES string of the molecule is CCOC(=O)C1CC[NH+](CC(=O)N2CCC[C@H]2c2ccc3c(c2)OCCCO3)CC1. The van der Waals surface area contributed by atoms with Crippen LogP contribution in [-0.2, 0) is 14.3 Å². The number of benzene rings is 1. The average molecular weight is 418 g/mol. The van der Waals surface area contributed by atoms with E-state index in [9.17, 15) is 9.59 Å². The van der Waals surface area contributed by atoms with E-state index in [1.54, 1.807) is 0 Å². The van der Waals surface area contributed by atoms with Crippen molar-refractivity contribution in [2.45, 2.75) is 45.1 Å². The largest absolute Gasteiger partial charge is 0.490 e. The van der Waals surface area contributed by atoms with Crippen molar-refractivity contribution in [3.05, 3.63) is 23.8 Å². The Bertz CT molecular complexity index is 760. The van der Waals surface area contributed by atoms with Gasteiger partial charge in [0.05, 0.1) is 44.9 Å². The Hall–Kier alpha value is -2.28. The van der Waals surface area contributed by atoms with Gasteiger partial charge in [0, 0.05) is 25.8 Å². The molecule has 1 aromatic rings. The monoisotopic (exact) mass is 417 g/mol. The molecule has 0 saturated carbocycles. The van der Waals surface area contributed by atoms with E-state index in [2.05, 4.69) is 12.1 Å². The lowest BCUT2D eigenvalue weighted by Gasteiger charge is -2.31. The lowest BCUT2D eigenvalue weighted by molar-refractivity contribution is -0.898. The van der Waals surface area contributed by atoms with Gasteiger partial charge in [-0.1, -0.05) is 6.07 Å². The molecule has 2 saturated heterocycles. The number of nitrogens with zero attached hydrogens (tertiary/aromatic N) is 1. The third kappa shape index (κ3) is 4.72. The summed E-state index contributed by atoms with van der Waals surface area (Å²) in [6.07, 6.45) is 4.48. The number of hydrogen-bond donors (Lipinski definition) is 1. The highest BCUT2D eigenvalue weighted by Crippen LogP contribution is 2.37. The molecule has 30 heavy (non-hydrogen) atoms. The molecule has 0 bridgehead atoms. The summed E-state index contributed by atoms with van der Waals surface area (Å²) < 4.78 is 16.7. The summed E-state index contributed by atoms with van der Waals surface area (Å²) in [7, 11) is 0. The van der Waals surface area contributed by atoms with Crippen LogP contribution in [0.25, 0.3) is 0 Å². The van der Waals surface area contributed by atoms with Gasteiger partial charge in [0.25, 0.3) is 5.91 Å². The minimum absolute atomic E-state index is 0.00914. The summed E-state index contributed by atoms with van der Waals surface area (Å²) in [5, 5.41) is 0. The zero-order valence-corrected chi connectivity index (χ0v) is 17.9. The lowest BCUT2D eigenvalue weighted by Crippen LogP contribution is -3.14. The van der Waals surface area contributed by atoms with E-state index in [4.69, 9.17) is 14.2 Å². The zero-order valence-electron chi connectivity index (χ0n) is 17.9. The molecule has 164 valence electrons. The van der Waals surface area contributed by atoms with Gasteiger partial charge in [-0.25, -0.2) is 0 Å². The predicted octanol–water partition coefficient (Wildman–Crippen LogP) is 1.37. The van der Waals surface area contributed by atoms with E-state index in [-0.39, 0.29) is 23.8 Å². The van der Waals surface area contributed by atoms with Crippen LogP contribution in [0.3, 0.4) is 0 Å². The number of carbonyl (C=O) groups excluding carboxylic acids is 2. The molecule has 2 fully saturated rings. The molecule has 0 unspecified atom stereocenters. The van der Waals surface area contributed by atoms with Crippen molar-refractivity contribution in [1.29, 1.82) is 0 Å². The Balaban J connectivity index is 1.35. The fourth-order valence-corrected chi connectivity index (χ4v) is 4.81. The minimum Gasteiger partial charge on any atom is -0.490 e. The first kappa shape index (κ1) is 21.0. The molecule has 7 nitrogen and oxygen atoms in total. The second kappa shape index (κ2) is 9.69. The number of nitrogens with one attached hydrogen (secondary N) is 1. The quantitative estimate of drug-likeness (QED) is 0.733. The number of hydrogen-bond acceptors (Lipinski definition) is 5. The van der Waals surface area contributed by atoms with Gasteiger partial charge in [-0.05, 0) is 37.5 Å². The molecule has 1 N–H and O–H groups in total. The zero-order chi connectivity index (χ0) is 20.9. The van der Waals surface area contributed by atoms with Crippen molar-refractivity contribution in [2.75, 3.05) is 46.0 Å². The van der Waals surface area contributed by atoms with E-state index in [0.717, 1.165) is 68.8 Å². The number of ether oxygens (including phenoxy) is 3. The number of rotatable bonds is 5. The fraction of sp³-hybridized carbons (Fsp3) is 0.652. The number of amides is 1. The summed E-state index contributed by atoms with van der Waals surface area (Å²) >= 11 is 0. The van der Waals surface area contributed by atoms with Crippen LogP contribution in [0.15, 0.2) is 18.2 Å². The van der Waals surface area contributed by atoms with Crippen LogP contribution in [0, 0.1) is 5.92 Å². The molecule has 0 aliphatic carbocycles. The van der Waals surface area contributed by atoms with E-state index in [0.29, 0.717) is 26.4 Å². The maximum absolute atomic E-state index is 13.1. The first-order valence-electron chi connectivity index (χ1n) is 11.3. The highest BCUT2D eigenvalue weighted by atomic mass is 16.5. The van der Waals surface area contributed by atoms with Crippen LogP contribution >= 0.6 is 0 Å². The normalized spacial score (nSPS) is 26.2. The molecule has 1 atom stereocenters. The minimum atomic E-state index is -0.0862. The van der Waals surface area contributed by atoms with Crippen LogP contribution < -0.4 is 14.4 Å². The van der Waals surface area contributed by atoms with E-state index >= 15 is 0 Å². The van der Waals surface area contributed by atoms with Gasteiger partial charge in [0.1, 0.15) is 0 Å². The number of esters is 1. The van der Waals surface area contributed by atoms with Crippen LogP contribution in [0.1, 0.15) is 50.6 Å². The van der Waals surface area contributed by atoms with Gasteiger partial charge in [-0.3, -0.25) is 9.59 Å². The van der Waals surface area contributed by atoms with Crippen molar-refractivity contribution in [2.24, 2.45) is 5.92 Å². The molecular formula is C23H33N2O5+. The Morgan fingerprint density at radius 3 is 2.63 bits per heavy atom. The van der Waals surface area contributed by atoms with E-state index < -0.39 is 0 Å². The Morgan fingerprint density at radius 2 is 1.87 bits per heavy atom. The Kier molecular flexibility index (Phi) is 6.77. The standard InChI is InChI=1S/C23H32N2O5/c1-2-28-23(27)17-8-11-24(12-9-17)16-22(26)25-10-3-5-19(25)18-6-7-20-21(15-18)30-14-4-13-29-20/h6-7,15,17,19H,2-5,8-14,16H2,1H3/p+1/t19-/m0/s1. The molecular weight excluding hydrogens is 384 g/mol. The summed E-state index contributed by atoms with van der Waals surface area (Å²) in [5.41, 5.74) is 1.13. The topological polar surface area (TPSA) is 69.5 Å². The number of fused-ring (bicyclic) bond motifs is 1.